The van der Waals surface area contributed by atoms with Crippen molar-refractivity contribution in [2.24, 2.45) is 5.92 Å². The summed E-state index contributed by atoms with van der Waals surface area (Å²) in [6.07, 6.45) is 0.807. The zero-order valence-electron chi connectivity index (χ0n) is 16.5. The summed E-state index contributed by atoms with van der Waals surface area (Å²) in [5.74, 6) is 0.257. The van der Waals surface area contributed by atoms with Crippen LogP contribution in [0, 0.1) is 5.92 Å². The van der Waals surface area contributed by atoms with Crippen molar-refractivity contribution in [3.05, 3.63) is 64.5 Å². The average molecular weight is 391 g/mol. The molecular formula is C22H25NNaO2S. The van der Waals surface area contributed by atoms with E-state index in [-0.39, 0.29) is 35.5 Å². The van der Waals surface area contributed by atoms with Crippen LogP contribution in [0.25, 0.3) is 10.8 Å². The van der Waals surface area contributed by atoms with Crippen LogP contribution in [0.1, 0.15) is 41.6 Å². The van der Waals surface area contributed by atoms with Crippen LogP contribution in [0.3, 0.4) is 0 Å². The number of carbonyl (C=O) groups is 1. The van der Waals surface area contributed by atoms with E-state index in [2.05, 4.69) is 61.6 Å². The Morgan fingerprint density at radius 3 is 2.63 bits per heavy atom. The van der Waals surface area contributed by atoms with E-state index in [0.29, 0.717) is 18.1 Å². The van der Waals surface area contributed by atoms with Gasteiger partial charge in [-0.2, -0.15) is 0 Å². The number of hydrogen-bond acceptors (Lipinski definition) is 4. The molecule has 0 amide bonds. The molecule has 3 rings (SSSR count). The molecule has 0 bridgehead atoms. The van der Waals surface area contributed by atoms with Crippen molar-refractivity contribution in [3.63, 3.8) is 0 Å². The van der Waals surface area contributed by atoms with Crippen molar-refractivity contribution in [1.82, 2.24) is 0 Å². The van der Waals surface area contributed by atoms with Gasteiger partial charge in [0, 0.05) is 47.4 Å². The number of hydrogen-bond donors (Lipinski definition) is 1. The van der Waals surface area contributed by atoms with Gasteiger partial charge in [-0.15, -0.1) is 11.3 Å². The zero-order valence-corrected chi connectivity index (χ0v) is 19.4. The Bertz CT molecular complexity index is 899. The number of benzene rings is 2. The molecule has 1 N–H and O–H groups in total. The van der Waals surface area contributed by atoms with Crippen molar-refractivity contribution in [3.8, 4) is 0 Å². The first kappa shape index (κ1) is 22.0. The molecule has 0 aliphatic carbocycles. The quantitative estimate of drug-likeness (QED) is 0.436. The van der Waals surface area contributed by atoms with Gasteiger partial charge >= 0.3 is 5.97 Å². The van der Waals surface area contributed by atoms with Crippen LogP contribution >= 0.6 is 11.3 Å². The second-order valence-corrected chi connectivity index (χ2v) is 7.90. The van der Waals surface area contributed by atoms with Crippen LogP contribution in [0.5, 0.6) is 0 Å². The number of esters is 1. The fraction of sp³-hybridized carbons (Fsp3) is 0.318. The molecule has 1 aromatic heterocycles. The van der Waals surface area contributed by atoms with Crippen LogP contribution in [-0.4, -0.2) is 48.7 Å². The van der Waals surface area contributed by atoms with Crippen molar-refractivity contribution >= 4 is 62.6 Å². The molecule has 0 aliphatic rings. The summed E-state index contributed by atoms with van der Waals surface area (Å²) >= 11 is 1.65. The first-order chi connectivity index (χ1) is 12.6. The Morgan fingerprint density at radius 2 is 1.89 bits per heavy atom. The minimum atomic E-state index is -0.251. The normalized spacial score (nSPS) is 10.7. The van der Waals surface area contributed by atoms with Gasteiger partial charge < -0.3 is 10.1 Å². The first-order valence-corrected chi connectivity index (χ1v) is 9.90. The van der Waals surface area contributed by atoms with Gasteiger partial charge in [0.1, 0.15) is 5.00 Å². The van der Waals surface area contributed by atoms with Gasteiger partial charge in [-0.05, 0) is 35.2 Å². The molecule has 0 saturated heterocycles. The number of ether oxygens (including phenoxy) is 1. The molecule has 1 radical (unpaired) electrons. The molecule has 0 spiro atoms. The monoisotopic (exact) mass is 390 g/mol. The van der Waals surface area contributed by atoms with E-state index in [1.807, 2.05) is 13.0 Å². The molecule has 0 saturated carbocycles. The third kappa shape index (κ3) is 5.58. The predicted molar refractivity (Wildman–Crippen MR) is 116 cm³/mol. The van der Waals surface area contributed by atoms with Crippen LogP contribution in [0.4, 0.5) is 5.00 Å². The van der Waals surface area contributed by atoms with E-state index in [1.54, 1.807) is 11.3 Å². The van der Waals surface area contributed by atoms with E-state index in [0.717, 1.165) is 22.8 Å². The summed E-state index contributed by atoms with van der Waals surface area (Å²) in [5.41, 5.74) is 1.92. The van der Waals surface area contributed by atoms with E-state index in [1.165, 1.54) is 16.3 Å². The third-order valence-corrected chi connectivity index (χ3v) is 5.29. The molecular weight excluding hydrogens is 365 g/mol. The second-order valence-electron chi connectivity index (χ2n) is 6.77. The standard InChI is InChI=1S/C22H25NO2S.Na/c1-4-25-22(24)20-13-18(26-21(20)23-14-15(2)3)12-17-10-7-9-16-8-5-6-11-19(16)17;/h5-11,13,15,23H,4,12,14H2,1-3H3;. The molecule has 3 nitrogen and oxygen atoms in total. The van der Waals surface area contributed by atoms with Crippen LogP contribution < -0.4 is 5.32 Å². The summed E-state index contributed by atoms with van der Waals surface area (Å²) in [6.45, 7) is 7.36. The molecule has 3 aromatic rings. The molecule has 0 aliphatic heterocycles. The summed E-state index contributed by atoms with van der Waals surface area (Å²) in [5, 5.41) is 6.83. The molecule has 27 heavy (non-hydrogen) atoms. The van der Waals surface area contributed by atoms with Gasteiger partial charge in [0.25, 0.3) is 0 Å². The largest absolute Gasteiger partial charge is 0.462 e. The topological polar surface area (TPSA) is 38.3 Å². The van der Waals surface area contributed by atoms with E-state index in [9.17, 15) is 4.79 Å². The Kier molecular flexibility index (Phi) is 8.36. The number of fused-ring (bicyclic) bond motifs is 1. The maximum atomic E-state index is 12.3. The predicted octanol–water partition coefficient (Wildman–Crippen LogP) is 5.36. The summed E-state index contributed by atoms with van der Waals surface area (Å²) in [6, 6.07) is 16.8. The Labute approximate surface area is 187 Å². The molecule has 2 aromatic carbocycles. The second kappa shape index (κ2) is 10.3. The minimum Gasteiger partial charge on any atom is -0.462 e. The van der Waals surface area contributed by atoms with E-state index >= 15 is 0 Å². The maximum Gasteiger partial charge on any atom is 0.341 e. The molecule has 0 atom stereocenters. The summed E-state index contributed by atoms with van der Waals surface area (Å²) in [7, 11) is 0. The Morgan fingerprint density at radius 1 is 1.15 bits per heavy atom. The Balaban J connectivity index is 0.00000261. The van der Waals surface area contributed by atoms with E-state index < -0.39 is 0 Å². The van der Waals surface area contributed by atoms with Crippen LogP contribution in [0.2, 0.25) is 0 Å². The molecule has 5 heteroatoms. The Hall–Kier alpha value is -1.33. The SMILES string of the molecule is CCOC(=O)c1cc(Cc2cccc3ccccc23)sc1NCC(C)C.[Na]. The number of thiophene rings is 1. The van der Waals surface area contributed by atoms with Crippen LogP contribution in [0.15, 0.2) is 48.5 Å². The maximum absolute atomic E-state index is 12.3. The van der Waals surface area contributed by atoms with Crippen molar-refractivity contribution in [2.75, 3.05) is 18.5 Å². The summed E-state index contributed by atoms with van der Waals surface area (Å²) in [4.78, 5) is 13.5. The molecule has 137 valence electrons. The molecule has 0 fully saturated rings. The number of carbonyl (C=O) groups excluding carboxylic acids is 1. The number of nitrogens with one attached hydrogen (secondary N) is 1. The number of rotatable bonds is 7. The molecule has 0 unspecified atom stereocenters. The minimum absolute atomic E-state index is 0. The smallest absolute Gasteiger partial charge is 0.341 e. The van der Waals surface area contributed by atoms with Gasteiger partial charge in [-0.1, -0.05) is 56.3 Å². The number of anilines is 1. The van der Waals surface area contributed by atoms with Gasteiger partial charge in [0.05, 0.1) is 12.2 Å². The van der Waals surface area contributed by atoms with E-state index in [4.69, 9.17) is 4.74 Å². The average Bonchev–Trinajstić information content (AvgIpc) is 3.03. The van der Waals surface area contributed by atoms with Gasteiger partial charge in [-0.3, -0.25) is 0 Å². The fourth-order valence-corrected chi connectivity index (χ4v) is 4.03. The van der Waals surface area contributed by atoms with Crippen molar-refractivity contribution in [2.45, 2.75) is 27.2 Å². The summed E-state index contributed by atoms with van der Waals surface area (Å²) < 4.78 is 5.24. The van der Waals surface area contributed by atoms with Gasteiger partial charge in [0.2, 0.25) is 0 Å². The third-order valence-electron chi connectivity index (χ3n) is 4.19. The van der Waals surface area contributed by atoms with Crippen molar-refractivity contribution in [1.29, 1.82) is 0 Å². The van der Waals surface area contributed by atoms with Crippen molar-refractivity contribution < 1.29 is 9.53 Å². The zero-order chi connectivity index (χ0) is 18.5. The van der Waals surface area contributed by atoms with Crippen LogP contribution in [-0.2, 0) is 11.2 Å². The molecule has 1 heterocycles. The fourth-order valence-electron chi connectivity index (χ4n) is 2.95. The van der Waals surface area contributed by atoms with Gasteiger partial charge in [0.15, 0.2) is 0 Å². The first-order valence-electron chi connectivity index (χ1n) is 9.08. The van der Waals surface area contributed by atoms with Gasteiger partial charge in [-0.25, -0.2) is 4.79 Å².